The average molecular weight is 577 g/mol. The Hall–Kier alpha value is -4.55. The third kappa shape index (κ3) is 4.96. The highest BCUT2D eigenvalue weighted by molar-refractivity contribution is 7.92. The second kappa shape index (κ2) is 10.5. The summed E-state index contributed by atoms with van der Waals surface area (Å²) in [5.41, 5.74) is 10.2. The van der Waals surface area contributed by atoms with E-state index in [2.05, 4.69) is 15.0 Å². The van der Waals surface area contributed by atoms with Crippen molar-refractivity contribution in [1.29, 1.82) is 0 Å². The molecule has 2 aromatic heterocycles. The summed E-state index contributed by atoms with van der Waals surface area (Å²) in [7, 11) is -4.36. The smallest absolute Gasteiger partial charge is 0.264 e. The number of aromatic nitrogens is 3. The highest BCUT2D eigenvalue weighted by atomic mass is 32.2. The normalized spacial score (nSPS) is 13.7. The molecule has 1 saturated heterocycles. The number of nitrogens with two attached hydrogens (primary N) is 1. The van der Waals surface area contributed by atoms with Gasteiger partial charge in [-0.1, -0.05) is 30.3 Å². The molecule has 0 saturated carbocycles. The molecular formula is C29H26F2N6O3S. The number of rotatable bonds is 8. The molecule has 3 aromatic carbocycles. The quantitative estimate of drug-likeness (QED) is 0.230. The van der Waals surface area contributed by atoms with E-state index in [1.165, 1.54) is 24.3 Å². The van der Waals surface area contributed by atoms with Crippen LogP contribution in [0.3, 0.4) is 0 Å². The van der Waals surface area contributed by atoms with Crippen LogP contribution in [0, 0.1) is 11.6 Å². The Balaban J connectivity index is 1.37. The molecule has 1 fully saturated rings. The molecule has 0 atom stereocenters. The second-order valence-corrected chi connectivity index (χ2v) is 11.3. The summed E-state index contributed by atoms with van der Waals surface area (Å²) >= 11 is 0. The maximum Gasteiger partial charge on any atom is 0.264 e. The Bertz CT molecular complexity index is 1870. The van der Waals surface area contributed by atoms with Gasteiger partial charge in [-0.2, -0.15) is 5.10 Å². The van der Waals surface area contributed by atoms with Crippen molar-refractivity contribution in [2.24, 2.45) is 0 Å². The van der Waals surface area contributed by atoms with Gasteiger partial charge in [0.1, 0.15) is 28.0 Å². The molecule has 0 unspecified atom stereocenters. The minimum atomic E-state index is -4.36. The lowest BCUT2D eigenvalue weighted by Crippen LogP contribution is -2.40. The molecule has 1 aliphatic heterocycles. The molecule has 5 aromatic rings. The fraction of sp³-hybridized carbons (Fsp3) is 0.172. The highest BCUT2D eigenvalue weighted by Crippen LogP contribution is 2.38. The zero-order valence-corrected chi connectivity index (χ0v) is 22.8. The Morgan fingerprint density at radius 2 is 1.76 bits per heavy atom. The summed E-state index contributed by atoms with van der Waals surface area (Å²) in [4.78, 5) is 3.83. The number of aryl methyl sites for hydroxylation is 1. The molecule has 1 aliphatic rings. The summed E-state index contributed by atoms with van der Waals surface area (Å²) in [5, 5.41) is 8.69. The van der Waals surface area contributed by atoms with E-state index in [4.69, 9.17) is 15.6 Å². The number of fused-ring (bicyclic) bond motifs is 1. The number of nitrogen functional groups attached to an aromatic ring is 1. The molecule has 0 radical (unpaired) electrons. The number of anilines is 3. The number of nitrogens with one attached hydrogen (secondary N) is 2. The van der Waals surface area contributed by atoms with E-state index >= 15 is 4.39 Å². The van der Waals surface area contributed by atoms with Crippen LogP contribution in [0.25, 0.3) is 33.3 Å². The lowest BCUT2D eigenvalue weighted by atomic mass is 10.0. The summed E-state index contributed by atoms with van der Waals surface area (Å²) in [6, 6.07) is 17.1. The van der Waals surface area contributed by atoms with Gasteiger partial charge >= 0.3 is 0 Å². The van der Waals surface area contributed by atoms with Gasteiger partial charge < -0.3 is 15.8 Å². The summed E-state index contributed by atoms with van der Waals surface area (Å²) in [5.74, 6) is -1.57. The Morgan fingerprint density at radius 1 is 1.02 bits per heavy atom. The van der Waals surface area contributed by atoms with Crippen molar-refractivity contribution in [2.45, 2.75) is 24.4 Å². The third-order valence-electron chi connectivity index (χ3n) is 6.91. The molecular weight excluding hydrogens is 550 g/mol. The van der Waals surface area contributed by atoms with Crippen molar-refractivity contribution in [2.75, 3.05) is 29.0 Å². The second-order valence-electron chi connectivity index (χ2n) is 9.63. The van der Waals surface area contributed by atoms with Gasteiger partial charge in [-0.3, -0.25) is 9.40 Å². The first-order valence-electron chi connectivity index (χ1n) is 12.9. The highest BCUT2D eigenvalue weighted by Gasteiger charge is 2.23. The molecule has 4 N–H and O–H groups in total. The van der Waals surface area contributed by atoms with Crippen molar-refractivity contribution in [3.05, 3.63) is 84.6 Å². The van der Waals surface area contributed by atoms with E-state index in [1.807, 2.05) is 31.2 Å². The van der Waals surface area contributed by atoms with Crippen molar-refractivity contribution < 1.29 is 21.9 Å². The van der Waals surface area contributed by atoms with Gasteiger partial charge in [0.15, 0.2) is 0 Å². The summed E-state index contributed by atoms with van der Waals surface area (Å²) < 4.78 is 63.8. The van der Waals surface area contributed by atoms with Crippen molar-refractivity contribution >= 4 is 38.1 Å². The van der Waals surface area contributed by atoms with Crippen LogP contribution in [0.1, 0.15) is 6.92 Å². The zero-order chi connectivity index (χ0) is 28.7. The molecule has 12 heteroatoms. The van der Waals surface area contributed by atoms with Gasteiger partial charge in [-0.05, 0) is 48.9 Å². The molecule has 0 aliphatic carbocycles. The molecule has 3 heterocycles. The fourth-order valence-electron chi connectivity index (χ4n) is 4.79. The number of hydrogen-bond donors (Lipinski definition) is 3. The van der Waals surface area contributed by atoms with Crippen LogP contribution in [0.5, 0.6) is 0 Å². The molecule has 0 amide bonds. The Kier molecular flexibility index (Phi) is 6.80. The van der Waals surface area contributed by atoms with E-state index in [0.29, 0.717) is 42.4 Å². The Labute approximate surface area is 235 Å². The van der Waals surface area contributed by atoms with E-state index in [-0.39, 0.29) is 11.5 Å². The Morgan fingerprint density at radius 3 is 2.41 bits per heavy atom. The standard InChI is InChI=1S/C29H26F2N6O3S/c1-2-37-28-21(17-7-10-19(11-8-17)34-20-15-40-16-20)14-33-29(32)26(28)27(35-37)18-9-12-24(23(31)13-18)36-41(38,39)25-6-4-3-5-22(25)30/h3-14,20,34,36H,2,15-16H2,1H3,(H2,32,33). The predicted molar refractivity (Wildman–Crippen MR) is 154 cm³/mol. The summed E-state index contributed by atoms with van der Waals surface area (Å²) in [6.45, 7) is 3.81. The maximum atomic E-state index is 15.3. The van der Waals surface area contributed by atoms with E-state index in [1.54, 1.807) is 10.9 Å². The molecule has 0 bridgehead atoms. The van der Waals surface area contributed by atoms with Crippen LogP contribution in [0.2, 0.25) is 0 Å². The fourth-order valence-corrected chi connectivity index (χ4v) is 5.94. The number of sulfonamides is 1. The van der Waals surface area contributed by atoms with Gasteiger partial charge in [0.05, 0.1) is 35.8 Å². The van der Waals surface area contributed by atoms with Crippen molar-refractivity contribution in [3.63, 3.8) is 0 Å². The van der Waals surface area contributed by atoms with Crippen LogP contribution in [-0.4, -0.2) is 42.4 Å². The van der Waals surface area contributed by atoms with E-state index in [0.717, 1.165) is 40.5 Å². The van der Waals surface area contributed by atoms with Gasteiger partial charge in [-0.25, -0.2) is 22.2 Å². The van der Waals surface area contributed by atoms with Gasteiger partial charge in [0.2, 0.25) is 0 Å². The monoisotopic (exact) mass is 576 g/mol. The van der Waals surface area contributed by atoms with Crippen molar-refractivity contribution in [3.8, 4) is 22.4 Å². The number of nitrogens with zero attached hydrogens (tertiary/aromatic N) is 3. The third-order valence-corrected chi connectivity index (χ3v) is 8.31. The number of halogens is 2. The molecule has 6 rings (SSSR count). The van der Waals surface area contributed by atoms with Gasteiger partial charge in [-0.15, -0.1) is 0 Å². The van der Waals surface area contributed by atoms with Crippen LogP contribution in [0.4, 0.5) is 26.0 Å². The maximum absolute atomic E-state index is 15.3. The number of ether oxygens (including phenoxy) is 1. The summed E-state index contributed by atoms with van der Waals surface area (Å²) in [6.07, 6.45) is 1.69. The first-order valence-corrected chi connectivity index (χ1v) is 14.4. The van der Waals surface area contributed by atoms with Crippen LogP contribution >= 0.6 is 0 Å². The SMILES string of the molecule is CCn1nc(-c2ccc(NS(=O)(=O)c3ccccc3F)c(F)c2)c2c(N)ncc(-c3ccc(NC4COC4)cc3)c21. The number of pyridine rings is 1. The number of benzene rings is 3. The predicted octanol–water partition coefficient (Wildman–Crippen LogP) is 5.26. The van der Waals surface area contributed by atoms with Gasteiger partial charge in [0, 0.05) is 29.6 Å². The largest absolute Gasteiger partial charge is 0.383 e. The molecule has 210 valence electrons. The van der Waals surface area contributed by atoms with Crippen LogP contribution in [-0.2, 0) is 21.3 Å². The molecule has 41 heavy (non-hydrogen) atoms. The van der Waals surface area contributed by atoms with Crippen LogP contribution < -0.4 is 15.8 Å². The lowest BCUT2D eigenvalue weighted by Gasteiger charge is -2.27. The molecule has 9 nitrogen and oxygen atoms in total. The van der Waals surface area contributed by atoms with Crippen molar-refractivity contribution in [1.82, 2.24) is 14.8 Å². The first-order chi connectivity index (χ1) is 19.7. The van der Waals surface area contributed by atoms with E-state index in [9.17, 15) is 12.8 Å². The minimum Gasteiger partial charge on any atom is -0.383 e. The van der Waals surface area contributed by atoms with E-state index < -0.39 is 26.6 Å². The number of hydrogen-bond acceptors (Lipinski definition) is 7. The first kappa shape index (κ1) is 26.7. The van der Waals surface area contributed by atoms with Crippen LogP contribution in [0.15, 0.2) is 77.8 Å². The lowest BCUT2D eigenvalue weighted by molar-refractivity contribution is 0.0211. The zero-order valence-electron chi connectivity index (χ0n) is 21.9. The topological polar surface area (TPSA) is 124 Å². The van der Waals surface area contributed by atoms with Gasteiger partial charge in [0.25, 0.3) is 10.0 Å². The average Bonchev–Trinajstić information content (AvgIpc) is 3.33. The molecule has 0 spiro atoms. The minimum absolute atomic E-state index is 0.228.